The summed E-state index contributed by atoms with van der Waals surface area (Å²) in [5.41, 5.74) is 0.630. The van der Waals surface area contributed by atoms with Crippen molar-refractivity contribution in [3.8, 4) is 0 Å². The van der Waals surface area contributed by atoms with Crippen molar-refractivity contribution in [3.05, 3.63) is 60.2 Å². The third-order valence-corrected chi connectivity index (χ3v) is 9.40. The van der Waals surface area contributed by atoms with Gasteiger partial charge in [0.05, 0.1) is 30.1 Å². The summed E-state index contributed by atoms with van der Waals surface area (Å²) in [5, 5.41) is 3.02. The van der Waals surface area contributed by atoms with Gasteiger partial charge < -0.3 is 19.7 Å². The molecule has 2 saturated carbocycles. The van der Waals surface area contributed by atoms with E-state index in [1.54, 1.807) is 30.3 Å². The van der Waals surface area contributed by atoms with E-state index in [1.807, 2.05) is 24.3 Å². The maximum atomic E-state index is 13.0. The molecule has 43 heavy (non-hydrogen) atoms. The van der Waals surface area contributed by atoms with E-state index in [0.29, 0.717) is 28.5 Å². The summed E-state index contributed by atoms with van der Waals surface area (Å²) >= 11 is 0. The number of ether oxygens (including phenoxy) is 1. The van der Waals surface area contributed by atoms with E-state index in [-0.39, 0.29) is 30.3 Å². The highest BCUT2D eigenvalue weighted by Gasteiger charge is 2.62. The fourth-order valence-corrected chi connectivity index (χ4v) is 7.51. The normalized spacial score (nSPS) is 33.2. The third-order valence-electron chi connectivity index (χ3n) is 9.40. The number of hydrogen-bond donors (Lipinski definition) is 1. The molecule has 0 radical (unpaired) electrons. The molecule has 4 fully saturated rings. The first-order valence-electron chi connectivity index (χ1n) is 14.2. The standard InChI is InChI=1S/C30H27N3O10/c34-20(42-32-25(35)21-15-6-7-16(10-15)22(21)26(32)36)12-19(29(39)41-13-14-4-2-1-3-5-14)31-30(40)43-33-27(37)23-17-8-9-18(11-17)24(23)28(33)38/h1-9,15-19,21-24H,10-13H2,(H,31,40). The smallest absolute Gasteiger partial charge is 0.432 e. The van der Waals surface area contributed by atoms with Crippen molar-refractivity contribution in [1.29, 1.82) is 0 Å². The molecule has 1 aromatic carbocycles. The minimum absolute atomic E-state index is 0.103. The number of fused-ring (bicyclic) bond motifs is 10. The Bertz CT molecular complexity index is 1360. The van der Waals surface area contributed by atoms with Crippen LogP contribution in [0.3, 0.4) is 0 Å². The van der Waals surface area contributed by atoms with Gasteiger partial charge in [0.1, 0.15) is 12.6 Å². The van der Waals surface area contributed by atoms with E-state index < -0.39 is 77.8 Å². The van der Waals surface area contributed by atoms with Gasteiger partial charge in [0, 0.05) is 0 Å². The van der Waals surface area contributed by atoms with Crippen LogP contribution in [0.5, 0.6) is 0 Å². The molecule has 4 bridgehead atoms. The van der Waals surface area contributed by atoms with Crippen LogP contribution in [0.4, 0.5) is 4.79 Å². The van der Waals surface area contributed by atoms with Gasteiger partial charge in [0.15, 0.2) is 0 Å². The van der Waals surface area contributed by atoms with Crippen LogP contribution in [0, 0.1) is 47.3 Å². The average Bonchev–Trinajstić information content (AvgIpc) is 3.85. The zero-order chi connectivity index (χ0) is 30.0. The SMILES string of the molecule is O=C(CC(NC(=O)ON1C(=O)C2C3C=CC(C3)C2C1=O)C(=O)OCc1ccccc1)ON1C(=O)C2C3C=CC(C3)C2C1=O. The molecule has 1 aromatic rings. The lowest BCUT2D eigenvalue weighted by Crippen LogP contribution is -2.47. The lowest BCUT2D eigenvalue weighted by molar-refractivity contribution is -0.200. The molecule has 2 heterocycles. The average molecular weight is 590 g/mol. The Labute approximate surface area is 244 Å². The van der Waals surface area contributed by atoms with Gasteiger partial charge in [-0.1, -0.05) is 54.6 Å². The first-order valence-corrected chi connectivity index (χ1v) is 14.2. The molecule has 5 amide bonds. The number of nitrogens with zero attached hydrogens (tertiary/aromatic N) is 2. The summed E-state index contributed by atoms with van der Waals surface area (Å²) in [6, 6.07) is 6.94. The van der Waals surface area contributed by atoms with Crippen LogP contribution in [-0.4, -0.2) is 57.8 Å². The quantitative estimate of drug-likeness (QED) is 0.265. The van der Waals surface area contributed by atoms with Crippen LogP contribution in [0.15, 0.2) is 54.6 Å². The molecular weight excluding hydrogens is 562 g/mol. The molecule has 7 rings (SSSR count). The molecule has 0 aromatic heterocycles. The number of nitrogens with one attached hydrogen (secondary N) is 1. The zero-order valence-corrected chi connectivity index (χ0v) is 22.7. The summed E-state index contributed by atoms with van der Waals surface area (Å²) in [7, 11) is 0. The monoisotopic (exact) mass is 589 g/mol. The fraction of sp³-hybridized carbons (Fsp3) is 0.433. The van der Waals surface area contributed by atoms with Crippen molar-refractivity contribution in [2.45, 2.75) is 31.9 Å². The first-order chi connectivity index (χ1) is 20.7. The van der Waals surface area contributed by atoms with Gasteiger partial charge in [-0.2, -0.15) is 0 Å². The minimum Gasteiger partial charge on any atom is -0.459 e. The Hall–Kier alpha value is -4.81. The second kappa shape index (κ2) is 10.2. The molecule has 6 aliphatic rings. The molecular formula is C30H27N3O10. The van der Waals surface area contributed by atoms with Crippen molar-refractivity contribution in [3.63, 3.8) is 0 Å². The van der Waals surface area contributed by atoms with Crippen LogP contribution in [0.2, 0.25) is 0 Å². The second-order valence-electron chi connectivity index (χ2n) is 11.8. The van der Waals surface area contributed by atoms with Crippen molar-refractivity contribution in [2.75, 3.05) is 0 Å². The van der Waals surface area contributed by atoms with E-state index in [9.17, 15) is 33.6 Å². The van der Waals surface area contributed by atoms with Crippen LogP contribution in [-0.2, 0) is 49.8 Å². The number of amides is 5. The van der Waals surface area contributed by atoms with Crippen LogP contribution in [0.25, 0.3) is 0 Å². The predicted octanol–water partition coefficient (Wildman–Crippen LogP) is 1.20. The van der Waals surface area contributed by atoms with Crippen LogP contribution in [0.1, 0.15) is 24.8 Å². The van der Waals surface area contributed by atoms with E-state index >= 15 is 0 Å². The van der Waals surface area contributed by atoms with Crippen molar-refractivity contribution >= 4 is 41.7 Å². The summed E-state index contributed by atoms with van der Waals surface area (Å²) in [6.07, 6.45) is 6.75. The van der Waals surface area contributed by atoms with Gasteiger partial charge in [0.2, 0.25) is 0 Å². The van der Waals surface area contributed by atoms with Gasteiger partial charge in [-0.25, -0.2) is 14.4 Å². The van der Waals surface area contributed by atoms with E-state index in [2.05, 4.69) is 5.32 Å². The van der Waals surface area contributed by atoms with Crippen molar-refractivity contribution in [1.82, 2.24) is 15.4 Å². The molecule has 9 atom stereocenters. The molecule has 0 spiro atoms. The van der Waals surface area contributed by atoms with Crippen LogP contribution >= 0.6 is 0 Å². The van der Waals surface area contributed by atoms with Crippen molar-refractivity contribution < 1.29 is 48.0 Å². The number of carbonyl (C=O) groups is 7. The fourth-order valence-electron chi connectivity index (χ4n) is 7.51. The Kier molecular flexibility index (Phi) is 6.40. The van der Waals surface area contributed by atoms with Crippen molar-refractivity contribution in [2.24, 2.45) is 47.3 Å². The number of imide groups is 2. The molecule has 13 heteroatoms. The largest absolute Gasteiger partial charge is 0.459 e. The molecule has 4 aliphatic carbocycles. The number of hydroxylamine groups is 4. The van der Waals surface area contributed by atoms with Gasteiger partial charge >= 0.3 is 18.0 Å². The Balaban J connectivity index is 1.02. The number of benzene rings is 1. The number of allylic oxidation sites excluding steroid dienone is 4. The third kappa shape index (κ3) is 4.41. The van der Waals surface area contributed by atoms with E-state index in [0.717, 1.165) is 0 Å². The van der Waals surface area contributed by atoms with Gasteiger partial charge in [-0.05, 0) is 42.1 Å². The lowest BCUT2D eigenvalue weighted by atomic mass is 9.85. The van der Waals surface area contributed by atoms with Crippen LogP contribution < -0.4 is 5.32 Å². The predicted molar refractivity (Wildman–Crippen MR) is 139 cm³/mol. The number of hydrogen-bond acceptors (Lipinski definition) is 10. The molecule has 1 N–H and O–H groups in total. The highest BCUT2D eigenvalue weighted by molar-refractivity contribution is 6.07. The Morgan fingerprint density at radius 2 is 1.19 bits per heavy atom. The highest BCUT2D eigenvalue weighted by Crippen LogP contribution is 2.53. The van der Waals surface area contributed by atoms with Gasteiger partial charge in [0.25, 0.3) is 23.6 Å². The molecule has 13 nitrogen and oxygen atoms in total. The molecule has 2 aliphatic heterocycles. The number of rotatable bonds is 8. The first kappa shape index (κ1) is 27.0. The Morgan fingerprint density at radius 3 is 1.67 bits per heavy atom. The zero-order valence-electron chi connectivity index (χ0n) is 22.7. The molecule has 2 saturated heterocycles. The number of carbonyl (C=O) groups excluding carboxylic acids is 7. The van der Waals surface area contributed by atoms with Gasteiger partial charge in [-0.3, -0.25) is 19.2 Å². The number of esters is 1. The van der Waals surface area contributed by atoms with E-state index in [1.165, 1.54) is 0 Å². The lowest BCUT2D eigenvalue weighted by Gasteiger charge is -2.21. The summed E-state index contributed by atoms with van der Waals surface area (Å²) < 4.78 is 5.28. The maximum absolute atomic E-state index is 13.0. The molecule has 222 valence electrons. The summed E-state index contributed by atoms with van der Waals surface area (Å²) in [5.74, 6) is -7.62. The maximum Gasteiger partial charge on any atom is 0.432 e. The summed E-state index contributed by atoms with van der Waals surface area (Å²) in [6.45, 7) is -0.188. The highest BCUT2D eigenvalue weighted by atomic mass is 16.7. The Morgan fingerprint density at radius 1 is 0.721 bits per heavy atom. The summed E-state index contributed by atoms with van der Waals surface area (Å²) in [4.78, 5) is 101. The molecule has 9 unspecified atom stereocenters. The van der Waals surface area contributed by atoms with Gasteiger partial charge in [-0.15, -0.1) is 10.1 Å². The second-order valence-corrected chi connectivity index (χ2v) is 11.8. The van der Waals surface area contributed by atoms with E-state index in [4.69, 9.17) is 14.4 Å². The topological polar surface area (TPSA) is 166 Å². The minimum atomic E-state index is -1.70.